The summed E-state index contributed by atoms with van der Waals surface area (Å²) in [5.74, 6) is -2.04. The number of imide groups is 2. The van der Waals surface area contributed by atoms with Gasteiger partial charge in [0.15, 0.2) is 0 Å². The first-order valence-electron chi connectivity index (χ1n) is 8.40. The molecule has 1 aromatic rings. The van der Waals surface area contributed by atoms with Crippen LogP contribution in [0.2, 0.25) is 0 Å². The van der Waals surface area contributed by atoms with Crippen LogP contribution in [-0.2, 0) is 27.3 Å². The van der Waals surface area contributed by atoms with Crippen molar-refractivity contribution in [3.8, 4) is 0 Å². The third-order valence-electron chi connectivity index (χ3n) is 4.46. The second-order valence-corrected chi connectivity index (χ2v) is 6.82. The van der Waals surface area contributed by atoms with Crippen molar-refractivity contribution in [3.63, 3.8) is 0 Å². The fraction of sp³-hybridized carbons (Fsp3) is 0.444. The molecule has 0 aliphatic carbocycles. The summed E-state index contributed by atoms with van der Waals surface area (Å²) in [6.45, 7) is 4.48. The van der Waals surface area contributed by atoms with Gasteiger partial charge in [0.2, 0.25) is 5.91 Å². The summed E-state index contributed by atoms with van der Waals surface area (Å²) < 4.78 is 0. The molecule has 0 unspecified atom stereocenters. The van der Waals surface area contributed by atoms with Crippen molar-refractivity contribution >= 4 is 23.8 Å². The molecule has 1 aromatic carbocycles. The van der Waals surface area contributed by atoms with E-state index < -0.39 is 17.8 Å². The molecule has 0 bridgehead atoms. The lowest BCUT2D eigenvalue weighted by Gasteiger charge is -2.29. The minimum atomic E-state index is -0.920. The highest BCUT2D eigenvalue weighted by molar-refractivity contribution is 6.45. The van der Waals surface area contributed by atoms with E-state index in [2.05, 4.69) is 0 Å². The van der Waals surface area contributed by atoms with Gasteiger partial charge in [-0.05, 0) is 23.5 Å². The van der Waals surface area contributed by atoms with Gasteiger partial charge in [0.1, 0.15) is 6.54 Å². The summed E-state index contributed by atoms with van der Waals surface area (Å²) in [5.41, 5.74) is 2.27. The molecule has 3 rings (SSSR count). The monoisotopic (exact) mass is 343 g/mol. The Kier molecular flexibility index (Phi) is 4.57. The number of hydrogen-bond acceptors (Lipinski definition) is 4. The molecule has 0 spiro atoms. The summed E-state index contributed by atoms with van der Waals surface area (Å²) in [5, 5.41) is 0. The van der Waals surface area contributed by atoms with Crippen molar-refractivity contribution in [3.05, 3.63) is 35.4 Å². The zero-order valence-electron chi connectivity index (χ0n) is 14.4. The Morgan fingerprint density at radius 3 is 2.36 bits per heavy atom. The first-order chi connectivity index (χ1) is 11.9. The predicted molar refractivity (Wildman–Crippen MR) is 89.2 cm³/mol. The summed E-state index contributed by atoms with van der Waals surface area (Å²) >= 11 is 0. The second-order valence-electron chi connectivity index (χ2n) is 6.82. The molecular weight excluding hydrogens is 322 g/mol. The number of rotatable bonds is 4. The maximum atomic E-state index is 12.5. The van der Waals surface area contributed by atoms with Crippen LogP contribution in [-0.4, -0.2) is 58.1 Å². The molecule has 7 heteroatoms. The topological polar surface area (TPSA) is 78.0 Å². The number of carbonyl (C=O) groups is 4. The van der Waals surface area contributed by atoms with E-state index in [9.17, 15) is 19.2 Å². The van der Waals surface area contributed by atoms with Crippen molar-refractivity contribution in [1.82, 2.24) is 14.7 Å². The zero-order valence-corrected chi connectivity index (χ0v) is 14.4. The lowest BCUT2D eigenvalue weighted by Crippen LogP contribution is -2.45. The van der Waals surface area contributed by atoms with Crippen molar-refractivity contribution in [1.29, 1.82) is 0 Å². The Balaban J connectivity index is 1.68. The smallest absolute Gasteiger partial charge is 0.334 e. The van der Waals surface area contributed by atoms with E-state index in [0.29, 0.717) is 13.1 Å². The van der Waals surface area contributed by atoms with Gasteiger partial charge in [0, 0.05) is 19.6 Å². The van der Waals surface area contributed by atoms with Crippen LogP contribution in [0.1, 0.15) is 25.0 Å². The molecule has 2 aliphatic rings. The molecule has 7 nitrogen and oxygen atoms in total. The van der Waals surface area contributed by atoms with Crippen LogP contribution < -0.4 is 0 Å². The fourth-order valence-electron chi connectivity index (χ4n) is 3.16. The molecule has 1 saturated heterocycles. The molecule has 1 fully saturated rings. The fourth-order valence-corrected chi connectivity index (χ4v) is 3.16. The van der Waals surface area contributed by atoms with Crippen LogP contribution in [0.4, 0.5) is 4.79 Å². The van der Waals surface area contributed by atoms with Crippen LogP contribution in [0.5, 0.6) is 0 Å². The molecule has 0 radical (unpaired) electrons. The Bertz CT molecular complexity index is 744. The van der Waals surface area contributed by atoms with Crippen molar-refractivity contribution in [2.45, 2.75) is 26.8 Å². The van der Waals surface area contributed by atoms with Crippen LogP contribution in [0, 0.1) is 5.92 Å². The molecule has 2 aliphatic heterocycles. The van der Waals surface area contributed by atoms with Gasteiger partial charge in [-0.2, -0.15) is 0 Å². The normalized spacial score (nSPS) is 17.6. The largest absolute Gasteiger partial charge is 0.336 e. The number of carbonyl (C=O) groups excluding carboxylic acids is 4. The highest BCUT2D eigenvalue weighted by Crippen LogP contribution is 2.20. The van der Waals surface area contributed by atoms with Gasteiger partial charge in [-0.25, -0.2) is 9.69 Å². The molecule has 0 N–H and O–H groups in total. The first kappa shape index (κ1) is 17.1. The molecule has 132 valence electrons. The first-order valence-corrected chi connectivity index (χ1v) is 8.40. The Labute approximate surface area is 146 Å². The van der Waals surface area contributed by atoms with Gasteiger partial charge in [-0.15, -0.1) is 0 Å². The van der Waals surface area contributed by atoms with E-state index in [1.54, 1.807) is 4.90 Å². The molecule has 25 heavy (non-hydrogen) atoms. The summed E-state index contributed by atoms with van der Waals surface area (Å²) in [6, 6.07) is 7.19. The van der Waals surface area contributed by atoms with E-state index in [1.807, 2.05) is 38.1 Å². The number of amides is 5. The zero-order chi connectivity index (χ0) is 18.1. The average molecular weight is 343 g/mol. The number of nitrogens with zero attached hydrogens (tertiary/aromatic N) is 3. The van der Waals surface area contributed by atoms with E-state index in [0.717, 1.165) is 21.8 Å². The summed E-state index contributed by atoms with van der Waals surface area (Å²) in [4.78, 5) is 52.2. The molecular formula is C18H21N3O4. The Morgan fingerprint density at radius 1 is 1.04 bits per heavy atom. The molecule has 0 saturated carbocycles. The standard InChI is InChI=1S/C18H21N3O4/c1-12(2)9-20-16(23)17(24)21(18(20)25)11-15(22)19-8-7-13-5-3-4-6-14(13)10-19/h3-6,12H,7-11H2,1-2H3. The van der Waals surface area contributed by atoms with E-state index in [-0.39, 0.29) is 24.9 Å². The minimum absolute atomic E-state index is 0.0509. The van der Waals surface area contributed by atoms with E-state index in [4.69, 9.17) is 0 Å². The second kappa shape index (κ2) is 6.66. The minimum Gasteiger partial charge on any atom is -0.336 e. The third kappa shape index (κ3) is 3.26. The van der Waals surface area contributed by atoms with Crippen LogP contribution in [0.15, 0.2) is 24.3 Å². The van der Waals surface area contributed by atoms with Crippen LogP contribution in [0.3, 0.4) is 0 Å². The third-order valence-corrected chi connectivity index (χ3v) is 4.46. The molecule has 5 amide bonds. The number of urea groups is 1. The number of fused-ring (bicyclic) bond motifs is 1. The van der Waals surface area contributed by atoms with Gasteiger partial charge in [-0.3, -0.25) is 19.3 Å². The van der Waals surface area contributed by atoms with Gasteiger partial charge < -0.3 is 4.90 Å². The average Bonchev–Trinajstić information content (AvgIpc) is 2.79. The van der Waals surface area contributed by atoms with E-state index >= 15 is 0 Å². The maximum Gasteiger partial charge on any atom is 0.334 e. The van der Waals surface area contributed by atoms with Crippen molar-refractivity contribution in [2.24, 2.45) is 5.92 Å². The van der Waals surface area contributed by atoms with Gasteiger partial charge >= 0.3 is 17.8 Å². The van der Waals surface area contributed by atoms with Crippen molar-refractivity contribution in [2.75, 3.05) is 19.6 Å². The molecule has 0 atom stereocenters. The van der Waals surface area contributed by atoms with E-state index in [1.165, 1.54) is 5.56 Å². The summed E-state index contributed by atoms with van der Waals surface area (Å²) in [6.07, 6.45) is 0.738. The van der Waals surface area contributed by atoms with Crippen LogP contribution >= 0.6 is 0 Å². The maximum absolute atomic E-state index is 12.5. The SMILES string of the molecule is CC(C)CN1C(=O)C(=O)N(CC(=O)N2CCc3ccccc3C2)C1=O. The Morgan fingerprint density at radius 2 is 1.68 bits per heavy atom. The molecule has 2 heterocycles. The number of hydrogen-bond donors (Lipinski definition) is 0. The lowest BCUT2D eigenvalue weighted by molar-refractivity contribution is -0.145. The lowest BCUT2D eigenvalue weighted by atomic mass is 10.00. The summed E-state index contributed by atoms with van der Waals surface area (Å²) in [7, 11) is 0. The van der Waals surface area contributed by atoms with Gasteiger partial charge in [0.25, 0.3) is 0 Å². The highest BCUT2D eigenvalue weighted by Gasteiger charge is 2.45. The number of benzene rings is 1. The highest BCUT2D eigenvalue weighted by atomic mass is 16.2. The van der Waals surface area contributed by atoms with Crippen LogP contribution in [0.25, 0.3) is 0 Å². The van der Waals surface area contributed by atoms with Gasteiger partial charge in [-0.1, -0.05) is 38.1 Å². The molecule has 0 aromatic heterocycles. The van der Waals surface area contributed by atoms with Gasteiger partial charge in [0.05, 0.1) is 0 Å². The Hall–Kier alpha value is -2.70. The van der Waals surface area contributed by atoms with Crippen molar-refractivity contribution < 1.29 is 19.2 Å². The predicted octanol–water partition coefficient (Wildman–Crippen LogP) is 1.02. The quantitative estimate of drug-likeness (QED) is 0.604.